The molecule has 0 aliphatic rings. The lowest BCUT2D eigenvalue weighted by molar-refractivity contribution is 0.395. The van der Waals surface area contributed by atoms with Crippen LogP contribution in [0.2, 0.25) is 0 Å². The number of methoxy groups -OCH3 is 2. The van der Waals surface area contributed by atoms with Gasteiger partial charge in [0.2, 0.25) is 0 Å². The Balaban J connectivity index is 2.42. The van der Waals surface area contributed by atoms with Crippen LogP contribution in [0.25, 0.3) is 10.6 Å². The molecule has 0 saturated carbocycles. The van der Waals surface area contributed by atoms with E-state index in [9.17, 15) is 0 Å². The summed E-state index contributed by atoms with van der Waals surface area (Å²) in [4.78, 5) is 5.45. The van der Waals surface area contributed by atoms with Gasteiger partial charge in [-0.1, -0.05) is 0 Å². The van der Waals surface area contributed by atoms with Gasteiger partial charge < -0.3 is 15.2 Å². The van der Waals surface area contributed by atoms with Crippen LogP contribution in [-0.2, 0) is 0 Å². The first kappa shape index (κ1) is 12.9. The maximum Gasteiger partial charge on any atom is 0.132 e. The summed E-state index contributed by atoms with van der Waals surface area (Å²) in [5.41, 5.74) is 6.79. The van der Waals surface area contributed by atoms with Crippen LogP contribution in [0.5, 0.6) is 11.5 Å². The zero-order valence-electron chi connectivity index (χ0n) is 10.6. The average molecular weight is 264 g/mol. The molecule has 1 aromatic heterocycles. The Hall–Kier alpha value is -1.59. The highest BCUT2D eigenvalue weighted by molar-refractivity contribution is 7.15. The Kier molecular flexibility index (Phi) is 3.84. The van der Waals surface area contributed by atoms with Crippen LogP contribution in [0.4, 0.5) is 0 Å². The van der Waals surface area contributed by atoms with Crippen molar-refractivity contribution in [2.24, 2.45) is 5.73 Å². The maximum atomic E-state index is 5.84. The summed E-state index contributed by atoms with van der Waals surface area (Å²) >= 11 is 1.58. The largest absolute Gasteiger partial charge is 0.497 e. The topological polar surface area (TPSA) is 57.4 Å². The minimum atomic E-state index is 0.000457. The smallest absolute Gasteiger partial charge is 0.132 e. The number of hydrogen-bond acceptors (Lipinski definition) is 5. The lowest BCUT2D eigenvalue weighted by atomic mass is 10.2. The fraction of sp³-hybridized carbons (Fsp3) is 0.308. The van der Waals surface area contributed by atoms with Crippen molar-refractivity contribution in [3.05, 3.63) is 29.3 Å². The summed E-state index contributed by atoms with van der Waals surface area (Å²) in [6.45, 7) is 1.95. The lowest BCUT2D eigenvalue weighted by Crippen LogP contribution is -2.01. The Morgan fingerprint density at radius 1 is 1.28 bits per heavy atom. The van der Waals surface area contributed by atoms with Crippen molar-refractivity contribution in [3.8, 4) is 22.1 Å². The van der Waals surface area contributed by atoms with Gasteiger partial charge >= 0.3 is 0 Å². The molecule has 0 bridgehead atoms. The standard InChI is InChI=1S/C13H16N2O2S/c1-8(14)12-7-15-13(18-12)10-5-4-9(16-2)6-11(10)17-3/h4-8H,14H2,1-3H3. The highest BCUT2D eigenvalue weighted by atomic mass is 32.1. The van der Waals surface area contributed by atoms with Crippen LogP contribution in [0.15, 0.2) is 24.4 Å². The SMILES string of the molecule is COc1ccc(-c2ncc(C(C)N)s2)c(OC)c1. The van der Waals surface area contributed by atoms with Gasteiger partial charge in [-0.15, -0.1) is 11.3 Å². The number of nitrogens with zero attached hydrogens (tertiary/aromatic N) is 1. The fourth-order valence-electron chi connectivity index (χ4n) is 1.60. The monoisotopic (exact) mass is 264 g/mol. The Labute approximate surface area is 110 Å². The summed E-state index contributed by atoms with van der Waals surface area (Å²) < 4.78 is 10.5. The van der Waals surface area contributed by atoms with E-state index in [1.54, 1.807) is 25.6 Å². The minimum absolute atomic E-state index is 0.000457. The number of aromatic nitrogens is 1. The minimum Gasteiger partial charge on any atom is -0.497 e. The van der Waals surface area contributed by atoms with Gasteiger partial charge in [-0.05, 0) is 19.1 Å². The number of thiazole rings is 1. The van der Waals surface area contributed by atoms with Crippen molar-refractivity contribution >= 4 is 11.3 Å². The van der Waals surface area contributed by atoms with Crippen molar-refractivity contribution in [2.75, 3.05) is 14.2 Å². The first-order valence-corrected chi connectivity index (χ1v) is 6.41. The Morgan fingerprint density at radius 2 is 2.06 bits per heavy atom. The van der Waals surface area contributed by atoms with Crippen molar-refractivity contribution < 1.29 is 9.47 Å². The maximum absolute atomic E-state index is 5.84. The molecule has 0 fully saturated rings. The quantitative estimate of drug-likeness (QED) is 0.922. The Bertz CT molecular complexity index is 538. The van der Waals surface area contributed by atoms with Gasteiger partial charge in [0.25, 0.3) is 0 Å². The zero-order valence-corrected chi connectivity index (χ0v) is 11.5. The molecule has 0 radical (unpaired) electrons. The third-order valence-electron chi connectivity index (χ3n) is 2.61. The molecule has 2 rings (SSSR count). The molecule has 0 aliphatic heterocycles. The van der Waals surface area contributed by atoms with E-state index < -0.39 is 0 Å². The average Bonchev–Trinajstić information content (AvgIpc) is 2.87. The third-order valence-corrected chi connectivity index (χ3v) is 3.84. The second kappa shape index (κ2) is 5.37. The molecule has 0 spiro atoms. The fourth-order valence-corrected chi connectivity index (χ4v) is 2.50. The molecule has 96 valence electrons. The highest BCUT2D eigenvalue weighted by Gasteiger charge is 2.12. The van der Waals surface area contributed by atoms with E-state index in [1.807, 2.05) is 31.3 Å². The van der Waals surface area contributed by atoms with Gasteiger partial charge in [0.1, 0.15) is 16.5 Å². The molecule has 0 amide bonds. The molecule has 1 atom stereocenters. The second-order valence-electron chi connectivity index (χ2n) is 3.92. The van der Waals surface area contributed by atoms with E-state index >= 15 is 0 Å². The number of hydrogen-bond donors (Lipinski definition) is 1. The van der Waals surface area contributed by atoms with Gasteiger partial charge in [0.15, 0.2) is 0 Å². The number of benzene rings is 1. The summed E-state index contributed by atoms with van der Waals surface area (Å²) in [5.74, 6) is 1.51. The first-order valence-electron chi connectivity index (χ1n) is 5.59. The molecule has 0 aliphatic carbocycles. The van der Waals surface area contributed by atoms with Gasteiger partial charge in [0.05, 0.1) is 19.8 Å². The third kappa shape index (κ3) is 2.47. The molecular weight excluding hydrogens is 248 g/mol. The highest BCUT2D eigenvalue weighted by Crippen LogP contribution is 2.36. The summed E-state index contributed by atoms with van der Waals surface area (Å²) in [7, 11) is 3.27. The van der Waals surface area contributed by atoms with Crippen LogP contribution < -0.4 is 15.2 Å². The lowest BCUT2D eigenvalue weighted by Gasteiger charge is -2.08. The van der Waals surface area contributed by atoms with Crippen LogP contribution in [0, 0.1) is 0 Å². The second-order valence-corrected chi connectivity index (χ2v) is 4.98. The van der Waals surface area contributed by atoms with Gasteiger partial charge in [0, 0.05) is 23.2 Å². The van der Waals surface area contributed by atoms with Gasteiger partial charge in [-0.3, -0.25) is 0 Å². The van der Waals surface area contributed by atoms with E-state index in [4.69, 9.17) is 15.2 Å². The van der Waals surface area contributed by atoms with E-state index in [0.29, 0.717) is 0 Å². The molecule has 2 N–H and O–H groups in total. The first-order chi connectivity index (χ1) is 8.65. The van der Waals surface area contributed by atoms with Crippen molar-refractivity contribution in [2.45, 2.75) is 13.0 Å². The Morgan fingerprint density at radius 3 is 2.61 bits per heavy atom. The number of rotatable bonds is 4. The summed E-state index contributed by atoms with van der Waals surface area (Å²) in [6.07, 6.45) is 1.81. The van der Waals surface area contributed by atoms with Gasteiger partial charge in [-0.25, -0.2) is 4.98 Å². The molecule has 1 aromatic carbocycles. The van der Waals surface area contributed by atoms with E-state index in [1.165, 1.54) is 0 Å². The van der Waals surface area contributed by atoms with E-state index in [-0.39, 0.29) is 6.04 Å². The van der Waals surface area contributed by atoms with Crippen molar-refractivity contribution in [1.82, 2.24) is 4.98 Å². The predicted octanol–water partition coefficient (Wildman–Crippen LogP) is 2.85. The molecule has 4 nitrogen and oxygen atoms in total. The molecular formula is C13H16N2O2S. The summed E-state index contributed by atoms with van der Waals surface area (Å²) in [6, 6.07) is 5.69. The van der Waals surface area contributed by atoms with Crippen molar-refractivity contribution in [3.63, 3.8) is 0 Å². The summed E-state index contributed by atoms with van der Waals surface area (Å²) in [5, 5.41) is 0.904. The molecule has 1 heterocycles. The number of ether oxygens (including phenoxy) is 2. The van der Waals surface area contributed by atoms with Crippen LogP contribution in [0.1, 0.15) is 17.8 Å². The normalized spacial score (nSPS) is 12.2. The van der Waals surface area contributed by atoms with E-state index in [0.717, 1.165) is 26.9 Å². The predicted molar refractivity (Wildman–Crippen MR) is 73.3 cm³/mol. The van der Waals surface area contributed by atoms with Crippen LogP contribution in [0.3, 0.4) is 0 Å². The van der Waals surface area contributed by atoms with Gasteiger partial charge in [-0.2, -0.15) is 0 Å². The van der Waals surface area contributed by atoms with Crippen LogP contribution in [-0.4, -0.2) is 19.2 Å². The number of nitrogens with two attached hydrogens (primary N) is 1. The molecule has 2 aromatic rings. The molecule has 1 unspecified atom stereocenters. The van der Waals surface area contributed by atoms with Crippen molar-refractivity contribution in [1.29, 1.82) is 0 Å². The van der Waals surface area contributed by atoms with Crippen LogP contribution >= 0.6 is 11.3 Å². The zero-order chi connectivity index (χ0) is 13.1. The molecule has 5 heteroatoms. The molecule has 0 saturated heterocycles. The molecule has 18 heavy (non-hydrogen) atoms. The van der Waals surface area contributed by atoms with E-state index in [2.05, 4.69) is 4.98 Å².